The van der Waals surface area contributed by atoms with Gasteiger partial charge in [-0.1, -0.05) is 27.7 Å². The average molecular weight is 186 g/mol. The highest BCUT2D eigenvalue weighted by Gasteiger charge is 2.10. The molecule has 1 unspecified atom stereocenters. The van der Waals surface area contributed by atoms with Gasteiger partial charge in [0.2, 0.25) is 5.91 Å². The minimum Gasteiger partial charge on any atom is -0.352 e. The summed E-state index contributed by atoms with van der Waals surface area (Å²) in [4.78, 5) is 11.3. The number of carbonyl (C=O) groups is 1. The van der Waals surface area contributed by atoms with Gasteiger partial charge in [0.1, 0.15) is 0 Å². The van der Waals surface area contributed by atoms with Crippen LogP contribution < -0.4 is 10.6 Å². The van der Waals surface area contributed by atoms with Crippen molar-refractivity contribution in [2.45, 2.75) is 46.7 Å². The predicted molar refractivity (Wildman–Crippen MR) is 55.6 cm³/mol. The highest BCUT2D eigenvalue weighted by molar-refractivity contribution is 5.78. The van der Waals surface area contributed by atoms with Crippen molar-refractivity contribution in [3.63, 3.8) is 0 Å². The highest BCUT2D eigenvalue weighted by Crippen LogP contribution is 1.98. The summed E-state index contributed by atoms with van der Waals surface area (Å²) < 4.78 is 0. The Morgan fingerprint density at radius 3 is 2.08 bits per heavy atom. The Kier molecular flexibility index (Phi) is 5.71. The minimum absolute atomic E-state index is 0.0786. The van der Waals surface area contributed by atoms with Crippen LogP contribution in [0.1, 0.15) is 34.6 Å². The largest absolute Gasteiger partial charge is 0.352 e. The summed E-state index contributed by atoms with van der Waals surface area (Å²) >= 11 is 0. The van der Waals surface area contributed by atoms with Crippen LogP contribution in [-0.2, 0) is 4.79 Å². The van der Waals surface area contributed by atoms with Gasteiger partial charge in [-0.05, 0) is 12.8 Å². The Hall–Kier alpha value is -0.570. The second-order valence-corrected chi connectivity index (χ2v) is 4.14. The third-order valence-electron chi connectivity index (χ3n) is 2.06. The second-order valence-electron chi connectivity index (χ2n) is 4.14. The first-order valence-corrected chi connectivity index (χ1v) is 4.96. The van der Waals surface area contributed by atoms with Crippen molar-refractivity contribution < 1.29 is 4.79 Å². The Morgan fingerprint density at radius 2 is 1.69 bits per heavy atom. The molecule has 3 heteroatoms. The molecular formula is C10H22N2O. The maximum absolute atomic E-state index is 11.3. The highest BCUT2D eigenvalue weighted by atomic mass is 16.1. The van der Waals surface area contributed by atoms with E-state index in [9.17, 15) is 4.79 Å². The first-order valence-electron chi connectivity index (χ1n) is 4.96. The van der Waals surface area contributed by atoms with E-state index in [-0.39, 0.29) is 11.9 Å². The third-order valence-corrected chi connectivity index (χ3v) is 2.06. The van der Waals surface area contributed by atoms with Crippen LogP contribution in [-0.4, -0.2) is 24.5 Å². The van der Waals surface area contributed by atoms with Gasteiger partial charge in [0.15, 0.2) is 0 Å². The van der Waals surface area contributed by atoms with E-state index in [1.54, 1.807) is 0 Å². The summed E-state index contributed by atoms with van der Waals surface area (Å²) in [7, 11) is 0. The van der Waals surface area contributed by atoms with E-state index in [0.29, 0.717) is 18.5 Å². The monoisotopic (exact) mass is 186 g/mol. The molecule has 3 nitrogen and oxygen atoms in total. The van der Waals surface area contributed by atoms with Crippen LogP contribution >= 0.6 is 0 Å². The average Bonchev–Trinajstić information content (AvgIpc) is 2.00. The Balaban J connectivity index is 3.62. The maximum Gasteiger partial charge on any atom is 0.234 e. The molecule has 0 fully saturated rings. The zero-order valence-electron chi connectivity index (χ0n) is 9.35. The van der Waals surface area contributed by atoms with Crippen LogP contribution in [0.2, 0.25) is 0 Å². The molecule has 0 rings (SSSR count). The summed E-state index contributed by atoms with van der Waals surface area (Å²) in [6.07, 6.45) is 0. The number of hydrogen-bond acceptors (Lipinski definition) is 2. The Labute approximate surface area is 81.3 Å². The fraction of sp³-hybridized carbons (Fsp3) is 0.900. The predicted octanol–water partition coefficient (Wildman–Crippen LogP) is 1.15. The second kappa shape index (κ2) is 5.97. The van der Waals surface area contributed by atoms with Crippen LogP contribution in [0.15, 0.2) is 0 Å². The molecule has 0 aromatic rings. The first-order chi connectivity index (χ1) is 5.93. The van der Waals surface area contributed by atoms with E-state index < -0.39 is 0 Å². The topological polar surface area (TPSA) is 41.1 Å². The SMILES string of the molecule is CC(C)NCC(=O)NC(C)C(C)C. The molecule has 0 aliphatic heterocycles. The van der Waals surface area contributed by atoms with Gasteiger partial charge in [0.25, 0.3) is 0 Å². The molecule has 0 saturated carbocycles. The summed E-state index contributed by atoms with van der Waals surface area (Å²) in [5, 5.41) is 6.01. The number of carbonyl (C=O) groups excluding carboxylic acids is 1. The molecule has 78 valence electrons. The molecule has 0 radical (unpaired) electrons. The summed E-state index contributed by atoms with van der Waals surface area (Å²) in [6, 6.07) is 0.613. The van der Waals surface area contributed by atoms with E-state index in [1.165, 1.54) is 0 Å². The van der Waals surface area contributed by atoms with Crippen molar-refractivity contribution in [3.05, 3.63) is 0 Å². The fourth-order valence-electron chi connectivity index (χ4n) is 0.768. The van der Waals surface area contributed by atoms with Gasteiger partial charge in [0, 0.05) is 12.1 Å². The molecule has 0 heterocycles. The van der Waals surface area contributed by atoms with Crippen LogP contribution in [0.3, 0.4) is 0 Å². The third kappa shape index (κ3) is 6.58. The lowest BCUT2D eigenvalue weighted by atomic mass is 10.1. The van der Waals surface area contributed by atoms with Gasteiger partial charge >= 0.3 is 0 Å². The molecule has 0 aromatic heterocycles. The van der Waals surface area contributed by atoms with Crippen LogP contribution in [0, 0.1) is 5.92 Å². The lowest BCUT2D eigenvalue weighted by molar-refractivity contribution is -0.121. The van der Waals surface area contributed by atoms with Gasteiger partial charge in [0.05, 0.1) is 6.54 Å². The molecule has 0 spiro atoms. The molecule has 1 atom stereocenters. The van der Waals surface area contributed by atoms with E-state index in [4.69, 9.17) is 0 Å². The zero-order valence-corrected chi connectivity index (χ0v) is 9.35. The summed E-state index contributed by atoms with van der Waals surface area (Å²) in [5.41, 5.74) is 0. The number of hydrogen-bond donors (Lipinski definition) is 2. The first kappa shape index (κ1) is 12.4. The molecule has 0 saturated heterocycles. The normalized spacial score (nSPS) is 13.5. The molecule has 13 heavy (non-hydrogen) atoms. The quantitative estimate of drug-likeness (QED) is 0.676. The van der Waals surface area contributed by atoms with Gasteiger partial charge in [-0.25, -0.2) is 0 Å². The zero-order chi connectivity index (χ0) is 10.4. The van der Waals surface area contributed by atoms with Crippen molar-refractivity contribution in [1.29, 1.82) is 0 Å². The molecule has 0 bridgehead atoms. The number of rotatable bonds is 5. The van der Waals surface area contributed by atoms with Crippen molar-refractivity contribution in [2.24, 2.45) is 5.92 Å². The van der Waals surface area contributed by atoms with E-state index in [2.05, 4.69) is 24.5 Å². The minimum atomic E-state index is 0.0786. The maximum atomic E-state index is 11.3. The molecule has 0 aliphatic carbocycles. The van der Waals surface area contributed by atoms with E-state index in [0.717, 1.165) is 0 Å². The Morgan fingerprint density at radius 1 is 1.15 bits per heavy atom. The van der Waals surface area contributed by atoms with Gasteiger partial charge in [-0.15, -0.1) is 0 Å². The molecule has 0 aliphatic rings. The number of nitrogens with one attached hydrogen (secondary N) is 2. The van der Waals surface area contributed by atoms with E-state index >= 15 is 0 Å². The van der Waals surface area contributed by atoms with Crippen LogP contribution in [0.25, 0.3) is 0 Å². The fourth-order valence-corrected chi connectivity index (χ4v) is 0.768. The smallest absolute Gasteiger partial charge is 0.234 e. The standard InChI is InChI=1S/C10H22N2O/c1-7(2)9(5)12-10(13)6-11-8(3)4/h7-9,11H,6H2,1-5H3,(H,12,13). The van der Waals surface area contributed by atoms with Gasteiger partial charge < -0.3 is 10.6 Å². The van der Waals surface area contributed by atoms with Crippen molar-refractivity contribution in [3.8, 4) is 0 Å². The Bertz CT molecular complexity index is 155. The summed E-state index contributed by atoms with van der Waals surface area (Å²) in [6.45, 7) is 10.7. The van der Waals surface area contributed by atoms with Crippen LogP contribution in [0.5, 0.6) is 0 Å². The lowest BCUT2D eigenvalue weighted by Gasteiger charge is -2.18. The molecule has 0 aromatic carbocycles. The van der Waals surface area contributed by atoms with Crippen molar-refractivity contribution >= 4 is 5.91 Å². The van der Waals surface area contributed by atoms with Gasteiger partial charge in [-0.2, -0.15) is 0 Å². The molecular weight excluding hydrogens is 164 g/mol. The van der Waals surface area contributed by atoms with Crippen molar-refractivity contribution in [1.82, 2.24) is 10.6 Å². The summed E-state index contributed by atoms with van der Waals surface area (Å²) in [5.74, 6) is 0.567. The van der Waals surface area contributed by atoms with Crippen molar-refractivity contribution in [2.75, 3.05) is 6.54 Å². The lowest BCUT2D eigenvalue weighted by Crippen LogP contribution is -2.42. The molecule has 1 amide bonds. The molecule has 2 N–H and O–H groups in total. The van der Waals surface area contributed by atoms with Crippen LogP contribution in [0.4, 0.5) is 0 Å². The van der Waals surface area contributed by atoms with Gasteiger partial charge in [-0.3, -0.25) is 4.79 Å². The number of amides is 1. The van der Waals surface area contributed by atoms with E-state index in [1.807, 2.05) is 20.8 Å².